The highest BCUT2D eigenvalue weighted by Crippen LogP contribution is 2.29. The summed E-state index contributed by atoms with van der Waals surface area (Å²) in [6.07, 6.45) is 6.25. The third kappa shape index (κ3) is 3.95. The Morgan fingerprint density at radius 2 is 2.15 bits per heavy atom. The molecule has 1 aliphatic heterocycles. The minimum atomic E-state index is 0.394. The second-order valence-electron chi connectivity index (χ2n) is 7.24. The number of aromatic nitrogens is 5. The molecule has 1 atom stereocenters. The molecular weight excluding hydrogens is 358 g/mol. The molecule has 0 saturated carbocycles. The van der Waals surface area contributed by atoms with E-state index in [1.165, 1.54) is 0 Å². The van der Waals surface area contributed by atoms with Crippen LogP contribution in [-0.2, 0) is 6.54 Å². The zero-order chi connectivity index (χ0) is 18.8. The highest BCUT2D eigenvalue weighted by molar-refractivity contribution is 7.07. The first-order chi connectivity index (χ1) is 13.1. The Morgan fingerprint density at radius 1 is 1.26 bits per heavy atom. The van der Waals surface area contributed by atoms with Crippen LogP contribution in [0.1, 0.15) is 36.0 Å². The molecule has 0 radical (unpaired) electrons. The molecule has 3 aromatic rings. The fourth-order valence-corrected chi connectivity index (χ4v) is 4.15. The largest absolute Gasteiger partial charge is 0.356 e. The lowest BCUT2D eigenvalue weighted by molar-refractivity contribution is 0.473. The number of nitrogens with zero attached hydrogens (tertiary/aromatic N) is 7. The van der Waals surface area contributed by atoms with E-state index in [1.807, 2.05) is 37.6 Å². The molecule has 4 heterocycles. The van der Waals surface area contributed by atoms with Crippen LogP contribution in [0, 0.1) is 6.92 Å². The summed E-state index contributed by atoms with van der Waals surface area (Å²) in [7, 11) is 3.96. The summed E-state index contributed by atoms with van der Waals surface area (Å²) in [6.45, 7) is 4.76. The Kier molecular flexibility index (Phi) is 5.07. The van der Waals surface area contributed by atoms with Crippen LogP contribution in [0.3, 0.4) is 0 Å². The summed E-state index contributed by atoms with van der Waals surface area (Å²) < 4.78 is 2.24. The van der Waals surface area contributed by atoms with Gasteiger partial charge in [-0.2, -0.15) is 4.98 Å². The Bertz CT molecular complexity index is 887. The fraction of sp³-hybridized carbons (Fsp3) is 0.474. The monoisotopic (exact) mass is 383 g/mol. The van der Waals surface area contributed by atoms with Crippen molar-refractivity contribution >= 4 is 23.1 Å². The van der Waals surface area contributed by atoms with E-state index in [-0.39, 0.29) is 0 Å². The molecule has 0 bridgehead atoms. The number of imidazole rings is 1. The molecular formula is C19H25N7S. The van der Waals surface area contributed by atoms with Gasteiger partial charge in [0.05, 0.1) is 17.7 Å². The summed E-state index contributed by atoms with van der Waals surface area (Å²) in [6, 6.07) is 2.08. The zero-order valence-electron chi connectivity index (χ0n) is 16.0. The first kappa shape index (κ1) is 17.9. The minimum Gasteiger partial charge on any atom is -0.356 e. The number of hydrogen-bond donors (Lipinski definition) is 0. The van der Waals surface area contributed by atoms with E-state index in [0.717, 1.165) is 61.5 Å². The third-order valence-electron chi connectivity index (χ3n) is 4.90. The molecule has 0 aromatic carbocycles. The normalized spacial score (nSPS) is 17.3. The summed E-state index contributed by atoms with van der Waals surface area (Å²) in [5, 5.41) is 2.10. The van der Waals surface area contributed by atoms with Crippen LogP contribution < -0.4 is 9.80 Å². The van der Waals surface area contributed by atoms with Crippen LogP contribution in [0.2, 0.25) is 0 Å². The minimum absolute atomic E-state index is 0.394. The Balaban J connectivity index is 1.55. The van der Waals surface area contributed by atoms with E-state index in [0.29, 0.717) is 5.92 Å². The smallest absolute Gasteiger partial charge is 0.226 e. The maximum atomic E-state index is 4.76. The molecule has 0 spiro atoms. The predicted octanol–water partition coefficient (Wildman–Crippen LogP) is 2.94. The van der Waals surface area contributed by atoms with Crippen LogP contribution in [0.5, 0.6) is 0 Å². The van der Waals surface area contributed by atoms with Gasteiger partial charge in [-0.3, -0.25) is 0 Å². The Labute approximate surface area is 163 Å². The lowest BCUT2D eigenvalue weighted by atomic mass is 9.97. The third-order valence-corrected chi connectivity index (χ3v) is 5.54. The van der Waals surface area contributed by atoms with E-state index in [2.05, 4.69) is 42.1 Å². The predicted molar refractivity (Wildman–Crippen MR) is 109 cm³/mol. The number of thiazole rings is 1. The number of piperidine rings is 1. The summed E-state index contributed by atoms with van der Waals surface area (Å²) >= 11 is 1.63. The molecule has 3 aromatic heterocycles. The second kappa shape index (κ2) is 7.64. The maximum absolute atomic E-state index is 4.76. The number of aryl methyl sites for hydroxylation is 1. The number of rotatable bonds is 5. The topological polar surface area (TPSA) is 63.0 Å². The molecule has 7 nitrogen and oxygen atoms in total. The van der Waals surface area contributed by atoms with Crippen molar-refractivity contribution in [1.82, 2.24) is 24.5 Å². The van der Waals surface area contributed by atoms with Gasteiger partial charge in [0.2, 0.25) is 5.95 Å². The molecule has 8 heteroatoms. The van der Waals surface area contributed by atoms with Crippen molar-refractivity contribution in [2.75, 3.05) is 37.0 Å². The average molecular weight is 384 g/mol. The molecule has 0 amide bonds. The maximum Gasteiger partial charge on any atom is 0.226 e. The SMILES string of the molecule is Cc1cc(N2CCCC(c3nccn3Cc3cscn3)C2)nc(N(C)C)n1. The van der Waals surface area contributed by atoms with E-state index in [4.69, 9.17) is 4.98 Å². The van der Waals surface area contributed by atoms with Gasteiger partial charge < -0.3 is 14.4 Å². The van der Waals surface area contributed by atoms with Crippen molar-refractivity contribution in [2.24, 2.45) is 0 Å². The number of anilines is 2. The van der Waals surface area contributed by atoms with Crippen molar-refractivity contribution in [3.63, 3.8) is 0 Å². The van der Waals surface area contributed by atoms with Crippen LogP contribution in [0.4, 0.5) is 11.8 Å². The van der Waals surface area contributed by atoms with Crippen LogP contribution >= 0.6 is 11.3 Å². The molecule has 4 rings (SSSR count). The van der Waals surface area contributed by atoms with Gasteiger partial charge in [-0.25, -0.2) is 15.0 Å². The van der Waals surface area contributed by atoms with Crippen molar-refractivity contribution in [3.05, 3.63) is 46.6 Å². The Hall–Kier alpha value is -2.48. The highest BCUT2D eigenvalue weighted by Gasteiger charge is 2.26. The fourth-order valence-electron chi connectivity index (χ4n) is 3.60. The molecule has 1 unspecified atom stereocenters. The summed E-state index contributed by atoms with van der Waals surface area (Å²) in [5.74, 6) is 3.31. The first-order valence-electron chi connectivity index (χ1n) is 9.26. The summed E-state index contributed by atoms with van der Waals surface area (Å²) in [5.41, 5.74) is 3.97. The van der Waals surface area contributed by atoms with Crippen molar-refractivity contribution in [2.45, 2.75) is 32.2 Å². The first-order valence-corrected chi connectivity index (χ1v) is 10.2. The zero-order valence-corrected chi connectivity index (χ0v) is 16.9. The number of hydrogen-bond acceptors (Lipinski definition) is 7. The molecule has 142 valence electrons. The van der Waals surface area contributed by atoms with Gasteiger partial charge in [0.25, 0.3) is 0 Å². The quantitative estimate of drug-likeness (QED) is 0.675. The molecule has 1 aliphatic rings. The van der Waals surface area contributed by atoms with Gasteiger partial charge in [-0.15, -0.1) is 11.3 Å². The highest BCUT2D eigenvalue weighted by atomic mass is 32.1. The van der Waals surface area contributed by atoms with Gasteiger partial charge in [-0.1, -0.05) is 0 Å². The average Bonchev–Trinajstić information content (AvgIpc) is 3.34. The van der Waals surface area contributed by atoms with Crippen LogP contribution in [0.15, 0.2) is 29.4 Å². The second-order valence-corrected chi connectivity index (χ2v) is 7.96. The van der Waals surface area contributed by atoms with Crippen LogP contribution in [0.25, 0.3) is 0 Å². The molecule has 0 N–H and O–H groups in total. The van der Waals surface area contributed by atoms with Crippen LogP contribution in [-0.4, -0.2) is 51.7 Å². The van der Waals surface area contributed by atoms with Gasteiger partial charge in [-0.05, 0) is 19.8 Å². The standard InChI is InChI=1S/C19H25N7S/c1-14-9-17(23-19(22-14)24(2)3)25-7-4-5-15(10-25)18-20-6-8-26(18)11-16-12-27-13-21-16/h6,8-9,12-13,15H,4-5,7,10-11H2,1-3H3. The van der Waals surface area contributed by atoms with E-state index in [1.54, 1.807) is 11.3 Å². The van der Waals surface area contributed by atoms with Gasteiger partial charge in [0.15, 0.2) is 0 Å². The molecule has 1 fully saturated rings. The van der Waals surface area contributed by atoms with Gasteiger partial charge in [0, 0.05) is 62.6 Å². The van der Waals surface area contributed by atoms with Crippen molar-refractivity contribution in [1.29, 1.82) is 0 Å². The molecule has 27 heavy (non-hydrogen) atoms. The van der Waals surface area contributed by atoms with E-state index >= 15 is 0 Å². The van der Waals surface area contributed by atoms with E-state index < -0.39 is 0 Å². The van der Waals surface area contributed by atoms with E-state index in [9.17, 15) is 0 Å². The molecule has 0 aliphatic carbocycles. The van der Waals surface area contributed by atoms with Crippen molar-refractivity contribution in [3.8, 4) is 0 Å². The van der Waals surface area contributed by atoms with Gasteiger partial charge >= 0.3 is 0 Å². The lowest BCUT2D eigenvalue weighted by Crippen LogP contribution is -2.36. The van der Waals surface area contributed by atoms with Crippen molar-refractivity contribution < 1.29 is 0 Å². The molecule has 1 saturated heterocycles. The van der Waals surface area contributed by atoms with Gasteiger partial charge in [0.1, 0.15) is 11.6 Å². The summed E-state index contributed by atoms with van der Waals surface area (Å²) in [4.78, 5) is 22.7. The lowest BCUT2D eigenvalue weighted by Gasteiger charge is -2.34. The Morgan fingerprint density at radius 3 is 2.93 bits per heavy atom.